The molecule has 3 rings (SSSR count). The lowest BCUT2D eigenvalue weighted by atomic mass is 10.1. The highest BCUT2D eigenvalue weighted by atomic mass is 32.2. The summed E-state index contributed by atoms with van der Waals surface area (Å²) in [6.45, 7) is 0. The van der Waals surface area contributed by atoms with E-state index in [0.29, 0.717) is 28.3 Å². The number of thioether (sulfide) groups is 1. The zero-order valence-electron chi connectivity index (χ0n) is 19.2. The van der Waals surface area contributed by atoms with Gasteiger partial charge in [0, 0.05) is 16.1 Å². The first-order valence-corrected chi connectivity index (χ1v) is 11.5. The number of carbonyl (C=O) groups excluding carboxylic acids is 3. The van der Waals surface area contributed by atoms with Gasteiger partial charge in [0.2, 0.25) is 5.91 Å². The smallest absolute Gasteiger partial charge is 0.272 e. The lowest BCUT2D eigenvalue weighted by molar-refractivity contribution is -0.115. The number of hydrogen-bond acceptors (Lipinski definition) is 6. The Labute approximate surface area is 207 Å². The SMILES string of the molecule is COc1ccc(/C=C(\NC(=O)c2ccccc2)C(=O)Nc2ccc(SCC(N)=O)cc2)cc1OC. The van der Waals surface area contributed by atoms with Gasteiger partial charge in [0.05, 0.1) is 20.0 Å². The molecule has 0 atom stereocenters. The molecular formula is C26H25N3O5S. The summed E-state index contributed by atoms with van der Waals surface area (Å²) < 4.78 is 10.6. The van der Waals surface area contributed by atoms with Crippen LogP contribution in [0.15, 0.2) is 83.4 Å². The van der Waals surface area contributed by atoms with E-state index in [2.05, 4.69) is 10.6 Å². The van der Waals surface area contributed by atoms with Crippen molar-refractivity contribution in [1.29, 1.82) is 0 Å². The molecular weight excluding hydrogens is 466 g/mol. The van der Waals surface area contributed by atoms with Crippen LogP contribution in [0.1, 0.15) is 15.9 Å². The molecule has 3 aromatic carbocycles. The Morgan fingerprint density at radius 1 is 0.914 bits per heavy atom. The molecule has 0 radical (unpaired) electrons. The van der Waals surface area contributed by atoms with E-state index in [1.54, 1.807) is 78.9 Å². The van der Waals surface area contributed by atoms with E-state index in [4.69, 9.17) is 15.2 Å². The normalized spacial score (nSPS) is 10.9. The molecule has 0 saturated heterocycles. The molecule has 35 heavy (non-hydrogen) atoms. The molecule has 0 spiro atoms. The van der Waals surface area contributed by atoms with Crippen molar-refractivity contribution >= 4 is 41.2 Å². The number of benzene rings is 3. The molecule has 0 fully saturated rings. The molecule has 0 unspecified atom stereocenters. The summed E-state index contributed by atoms with van der Waals surface area (Å²) in [7, 11) is 3.05. The second-order valence-corrected chi connectivity index (χ2v) is 8.27. The van der Waals surface area contributed by atoms with Crippen molar-refractivity contribution in [1.82, 2.24) is 5.32 Å². The molecule has 0 aromatic heterocycles. The standard InChI is InChI=1S/C26H25N3O5S/c1-33-22-13-8-17(15-23(22)34-2)14-21(29-25(31)18-6-4-3-5-7-18)26(32)28-19-9-11-20(12-10-19)35-16-24(27)30/h3-15H,16H2,1-2H3,(H2,27,30)(H,28,32)(H,29,31)/b21-14-. The fourth-order valence-corrected chi connectivity index (χ4v) is 3.68. The first-order valence-electron chi connectivity index (χ1n) is 10.5. The van der Waals surface area contributed by atoms with Crippen LogP contribution in [0.5, 0.6) is 11.5 Å². The van der Waals surface area contributed by atoms with Crippen LogP contribution in [0, 0.1) is 0 Å². The van der Waals surface area contributed by atoms with Crippen molar-refractivity contribution in [2.24, 2.45) is 5.73 Å². The van der Waals surface area contributed by atoms with Crippen LogP contribution in [0.2, 0.25) is 0 Å². The molecule has 0 saturated carbocycles. The number of carbonyl (C=O) groups is 3. The number of ether oxygens (including phenoxy) is 2. The van der Waals surface area contributed by atoms with Gasteiger partial charge in [-0.05, 0) is 60.2 Å². The molecule has 180 valence electrons. The van der Waals surface area contributed by atoms with Gasteiger partial charge in [-0.3, -0.25) is 14.4 Å². The molecule has 4 N–H and O–H groups in total. The number of nitrogens with two attached hydrogens (primary N) is 1. The summed E-state index contributed by atoms with van der Waals surface area (Å²) in [6.07, 6.45) is 1.55. The van der Waals surface area contributed by atoms with Gasteiger partial charge < -0.3 is 25.8 Å². The van der Waals surface area contributed by atoms with Gasteiger partial charge in [0.1, 0.15) is 5.70 Å². The van der Waals surface area contributed by atoms with Gasteiger partial charge in [-0.2, -0.15) is 0 Å². The van der Waals surface area contributed by atoms with Crippen molar-refractivity contribution < 1.29 is 23.9 Å². The fourth-order valence-electron chi connectivity index (χ4n) is 3.04. The number of hydrogen-bond donors (Lipinski definition) is 3. The third-order valence-corrected chi connectivity index (χ3v) is 5.78. The van der Waals surface area contributed by atoms with Crippen molar-refractivity contribution in [3.8, 4) is 11.5 Å². The Morgan fingerprint density at radius 3 is 2.23 bits per heavy atom. The van der Waals surface area contributed by atoms with Gasteiger partial charge in [0.25, 0.3) is 11.8 Å². The van der Waals surface area contributed by atoms with Crippen molar-refractivity contribution in [3.05, 3.63) is 89.6 Å². The van der Waals surface area contributed by atoms with E-state index in [9.17, 15) is 14.4 Å². The number of amides is 3. The van der Waals surface area contributed by atoms with Crippen LogP contribution in [0.3, 0.4) is 0 Å². The Kier molecular flexibility index (Phi) is 8.91. The average Bonchev–Trinajstić information content (AvgIpc) is 2.88. The van der Waals surface area contributed by atoms with E-state index < -0.39 is 17.7 Å². The lowest BCUT2D eigenvalue weighted by Crippen LogP contribution is -2.30. The monoisotopic (exact) mass is 491 g/mol. The minimum atomic E-state index is -0.512. The second kappa shape index (κ2) is 12.3. The maximum Gasteiger partial charge on any atom is 0.272 e. The summed E-state index contributed by atoms with van der Waals surface area (Å²) >= 11 is 1.30. The topological polar surface area (TPSA) is 120 Å². The molecule has 3 aromatic rings. The zero-order chi connectivity index (χ0) is 25.2. The van der Waals surface area contributed by atoms with E-state index in [1.807, 2.05) is 0 Å². The van der Waals surface area contributed by atoms with Gasteiger partial charge >= 0.3 is 0 Å². The van der Waals surface area contributed by atoms with Crippen molar-refractivity contribution in [2.75, 3.05) is 25.3 Å². The number of nitrogens with one attached hydrogen (secondary N) is 2. The largest absolute Gasteiger partial charge is 0.493 e. The number of anilines is 1. The fraction of sp³-hybridized carbons (Fsp3) is 0.115. The van der Waals surface area contributed by atoms with Crippen LogP contribution in [0.25, 0.3) is 6.08 Å². The Balaban J connectivity index is 1.85. The Hall–Kier alpha value is -4.24. The quantitative estimate of drug-likeness (QED) is 0.294. The lowest BCUT2D eigenvalue weighted by Gasteiger charge is -2.13. The Bertz CT molecular complexity index is 1230. The molecule has 0 aliphatic heterocycles. The predicted octanol–water partition coefficient (Wildman–Crippen LogP) is 3.69. The summed E-state index contributed by atoms with van der Waals surface area (Å²) in [6, 6.07) is 20.7. The summed E-state index contributed by atoms with van der Waals surface area (Å²) in [4.78, 5) is 37.7. The highest BCUT2D eigenvalue weighted by Gasteiger charge is 2.16. The van der Waals surface area contributed by atoms with Crippen LogP contribution < -0.4 is 25.8 Å². The highest BCUT2D eigenvalue weighted by Crippen LogP contribution is 2.28. The molecule has 9 heteroatoms. The Morgan fingerprint density at radius 2 is 1.60 bits per heavy atom. The third kappa shape index (κ3) is 7.38. The zero-order valence-corrected chi connectivity index (χ0v) is 20.1. The first-order chi connectivity index (χ1) is 16.9. The molecule has 0 aliphatic rings. The maximum atomic E-state index is 13.1. The number of rotatable bonds is 10. The summed E-state index contributed by atoms with van der Waals surface area (Å²) in [5.41, 5.74) is 6.77. The summed E-state index contributed by atoms with van der Waals surface area (Å²) in [5.74, 6) is -0.161. The van der Waals surface area contributed by atoms with Gasteiger partial charge in [-0.1, -0.05) is 24.3 Å². The van der Waals surface area contributed by atoms with Crippen LogP contribution in [-0.2, 0) is 9.59 Å². The van der Waals surface area contributed by atoms with Gasteiger partial charge in [-0.15, -0.1) is 11.8 Å². The average molecular weight is 492 g/mol. The minimum Gasteiger partial charge on any atom is -0.493 e. The maximum absolute atomic E-state index is 13.1. The summed E-state index contributed by atoms with van der Waals surface area (Å²) in [5, 5.41) is 5.48. The van der Waals surface area contributed by atoms with Crippen LogP contribution in [0.4, 0.5) is 5.69 Å². The van der Waals surface area contributed by atoms with Gasteiger partial charge in [0.15, 0.2) is 11.5 Å². The molecule has 8 nitrogen and oxygen atoms in total. The highest BCUT2D eigenvalue weighted by molar-refractivity contribution is 8.00. The number of methoxy groups -OCH3 is 2. The van der Waals surface area contributed by atoms with E-state index >= 15 is 0 Å². The van der Waals surface area contributed by atoms with Crippen molar-refractivity contribution in [3.63, 3.8) is 0 Å². The predicted molar refractivity (Wildman–Crippen MR) is 136 cm³/mol. The van der Waals surface area contributed by atoms with E-state index in [0.717, 1.165) is 4.90 Å². The minimum absolute atomic E-state index is 0.0400. The third-order valence-electron chi connectivity index (χ3n) is 4.74. The van der Waals surface area contributed by atoms with Crippen LogP contribution in [-0.4, -0.2) is 37.7 Å². The van der Waals surface area contributed by atoms with E-state index in [-0.39, 0.29) is 11.4 Å². The molecule has 0 bridgehead atoms. The molecule has 0 aliphatic carbocycles. The van der Waals surface area contributed by atoms with E-state index in [1.165, 1.54) is 26.0 Å². The molecule has 3 amide bonds. The van der Waals surface area contributed by atoms with Crippen LogP contribution >= 0.6 is 11.8 Å². The number of primary amides is 1. The first kappa shape index (κ1) is 25.4. The van der Waals surface area contributed by atoms with Gasteiger partial charge in [-0.25, -0.2) is 0 Å². The second-order valence-electron chi connectivity index (χ2n) is 7.23. The van der Waals surface area contributed by atoms with Crippen molar-refractivity contribution in [2.45, 2.75) is 4.90 Å². The molecule has 0 heterocycles.